The minimum atomic E-state index is -2.80. The second-order valence-electron chi connectivity index (χ2n) is 6.63. The zero-order chi connectivity index (χ0) is 14.3. The van der Waals surface area contributed by atoms with Gasteiger partial charge in [-0.2, -0.15) is 0 Å². The van der Waals surface area contributed by atoms with Gasteiger partial charge in [0, 0.05) is 12.0 Å². The number of hydrogen-bond acceptors (Lipinski definition) is 3. The van der Waals surface area contributed by atoms with E-state index in [4.69, 9.17) is 0 Å². The van der Waals surface area contributed by atoms with Crippen molar-refractivity contribution in [1.29, 1.82) is 0 Å². The molecular formula is C15H31NO2S. The summed E-state index contributed by atoms with van der Waals surface area (Å²) in [6, 6.07) is 0. The van der Waals surface area contributed by atoms with Crippen LogP contribution in [0.1, 0.15) is 52.4 Å². The predicted molar refractivity (Wildman–Crippen MR) is 82.1 cm³/mol. The predicted octanol–water partition coefficient (Wildman–Crippen LogP) is 2.86. The van der Waals surface area contributed by atoms with Gasteiger partial charge in [0.2, 0.25) is 0 Å². The molecule has 1 fully saturated rings. The van der Waals surface area contributed by atoms with E-state index in [1.54, 1.807) is 0 Å². The number of nitrogens with one attached hydrogen (secondary N) is 1. The Bertz CT molecular complexity index is 332. The summed E-state index contributed by atoms with van der Waals surface area (Å²) < 4.78 is 22.4. The summed E-state index contributed by atoms with van der Waals surface area (Å²) in [6.07, 6.45) is 8.62. The van der Waals surface area contributed by atoms with Crippen LogP contribution in [-0.2, 0) is 9.84 Å². The minimum absolute atomic E-state index is 0.348. The molecule has 1 atom stereocenters. The van der Waals surface area contributed by atoms with E-state index >= 15 is 0 Å². The molecule has 1 unspecified atom stereocenters. The lowest BCUT2D eigenvalue weighted by atomic mass is 9.87. The molecule has 4 heteroatoms. The van der Waals surface area contributed by atoms with Crippen LogP contribution in [0.5, 0.6) is 0 Å². The molecule has 1 aliphatic carbocycles. The monoisotopic (exact) mass is 289 g/mol. The maximum Gasteiger partial charge on any atom is 0.147 e. The van der Waals surface area contributed by atoms with Crippen molar-refractivity contribution >= 4 is 9.84 Å². The standard InChI is InChI=1S/C15H31NO2S/c1-13(2)11-16-12-15(14-7-4-5-8-14)9-6-10-19(3,17)18/h13-16H,4-12H2,1-3H3. The molecular weight excluding hydrogens is 258 g/mol. The number of sulfone groups is 1. The Kier molecular flexibility index (Phi) is 7.37. The Morgan fingerprint density at radius 3 is 2.32 bits per heavy atom. The first-order valence-electron chi connectivity index (χ1n) is 7.77. The smallest absolute Gasteiger partial charge is 0.147 e. The molecule has 0 saturated heterocycles. The maximum atomic E-state index is 11.2. The highest BCUT2D eigenvalue weighted by Crippen LogP contribution is 2.33. The molecule has 19 heavy (non-hydrogen) atoms. The van der Waals surface area contributed by atoms with Crippen LogP contribution >= 0.6 is 0 Å². The van der Waals surface area contributed by atoms with Gasteiger partial charge in [0.15, 0.2) is 0 Å². The van der Waals surface area contributed by atoms with Crippen LogP contribution in [0.2, 0.25) is 0 Å². The molecule has 0 amide bonds. The van der Waals surface area contributed by atoms with E-state index in [1.807, 2.05) is 0 Å². The van der Waals surface area contributed by atoms with E-state index in [-0.39, 0.29) is 0 Å². The minimum Gasteiger partial charge on any atom is -0.316 e. The maximum absolute atomic E-state index is 11.2. The van der Waals surface area contributed by atoms with Crippen molar-refractivity contribution in [2.75, 3.05) is 25.1 Å². The molecule has 1 aliphatic rings. The van der Waals surface area contributed by atoms with Gasteiger partial charge in [0.1, 0.15) is 9.84 Å². The molecule has 3 nitrogen and oxygen atoms in total. The summed E-state index contributed by atoms with van der Waals surface area (Å²) in [5.41, 5.74) is 0. The molecule has 1 rings (SSSR count). The first-order chi connectivity index (χ1) is 8.88. The Morgan fingerprint density at radius 2 is 1.79 bits per heavy atom. The van der Waals surface area contributed by atoms with Gasteiger partial charge in [0.25, 0.3) is 0 Å². The fraction of sp³-hybridized carbons (Fsp3) is 1.00. The van der Waals surface area contributed by atoms with Crippen molar-refractivity contribution in [2.24, 2.45) is 17.8 Å². The normalized spacial score (nSPS) is 19.2. The van der Waals surface area contributed by atoms with Crippen molar-refractivity contribution in [2.45, 2.75) is 52.4 Å². The third kappa shape index (κ3) is 7.93. The second-order valence-corrected chi connectivity index (χ2v) is 8.89. The summed E-state index contributed by atoms with van der Waals surface area (Å²) in [5, 5.41) is 3.56. The van der Waals surface area contributed by atoms with Crippen molar-refractivity contribution in [3.8, 4) is 0 Å². The molecule has 0 aromatic rings. The Morgan fingerprint density at radius 1 is 1.16 bits per heavy atom. The lowest BCUT2D eigenvalue weighted by Crippen LogP contribution is -2.30. The molecule has 0 heterocycles. The van der Waals surface area contributed by atoms with Gasteiger partial charge in [-0.25, -0.2) is 8.42 Å². The van der Waals surface area contributed by atoms with Crippen molar-refractivity contribution < 1.29 is 8.42 Å². The Balaban J connectivity index is 2.35. The van der Waals surface area contributed by atoms with Crippen molar-refractivity contribution in [3.05, 3.63) is 0 Å². The lowest BCUT2D eigenvalue weighted by molar-refractivity contribution is 0.298. The average Bonchev–Trinajstić information content (AvgIpc) is 2.78. The first kappa shape index (κ1) is 17.0. The van der Waals surface area contributed by atoms with Gasteiger partial charge in [-0.1, -0.05) is 39.5 Å². The molecule has 0 aliphatic heterocycles. The molecule has 0 spiro atoms. The summed E-state index contributed by atoms with van der Waals surface area (Å²) in [6.45, 7) is 6.57. The molecule has 0 aromatic carbocycles. The lowest BCUT2D eigenvalue weighted by Gasteiger charge is -2.24. The van der Waals surface area contributed by atoms with Gasteiger partial charge < -0.3 is 5.32 Å². The second kappa shape index (κ2) is 8.25. The van der Waals surface area contributed by atoms with Crippen LogP contribution in [0.25, 0.3) is 0 Å². The van der Waals surface area contributed by atoms with Crippen LogP contribution in [0.3, 0.4) is 0 Å². The van der Waals surface area contributed by atoms with E-state index in [9.17, 15) is 8.42 Å². The van der Waals surface area contributed by atoms with Crippen LogP contribution in [0.4, 0.5) is 0 Å². The highest BCUT2D eigenvalue weighted by molar-refractivity contribution is 7.90. The molecule has 1 N–H and O–H groups in total. The molecule has 1 saturated carbocycles. The first-order valence-corrected chi connectivity index (χ1v) is 9.83. The van der Waals surface area contributed by atoms with Crippen LogP contribution < -0.4 is 5.32 Å². The summed E-state index contributed by atoms with van der Waals surface area (Å²) >= 11 is 0. The van der Waals surface area contributed by atoms with E-state index in [0.29, 0.717) is 17.6 Å². The van der Waals surface area contributed by atoms with Crippen LogP contribution in [0.15, 0.2) is 0 Å². The van der Waals surface area contributed by atoms with Crippen molar-refractivity contribution in [1.82, 2.24) is 5.32 Å². The van der Waals surface area contributed by atoms with Crippen molar-refractivity contribution in [3.63, 3.8) is 0 Å². The van der Waals surface area contributed by atoms with Crippen LogP contribution in [0, 0.1) is 17.8 Å². The van der Waals surface area contributed by atoms with Gasteiger partial charge in [-0.15, -0.1) is 0 Å². The molecule has 0 bridgehead atoms. The van der Waals surface area contributed by atoms with E-state index in [1.165, 1.54) is 31.9 Å². The summed E-state index contributed by atoms with van der Waals surface area (Å²) in [7, 11) is -2.80. The van der Waals surface area contributed by atoms with Gasteiger partial charge in [-0.3, -0.25) is 0 Å². The largest absolute Gasteiger partial charge is 0.316 e. The summed E-state index contributed by atoms with van der Waals surface area (Å²) in [4.78, 5) is 0. The highest BCUT2D eigenvalue weighted by Gasteiger charge is 2.24. The van der Waals surface area contributed by atoms with Gasteiger partial charge in [0.05, 0.1) is 0 Å². The number of hydrogen-bond donors (Lipinski definition) is 1. The van der Waals surface area contributed by atoms with E-state index in [0.717, 1.165) is 31.8 Å². The molecule has 0 radical (unpaired) electrons. The topological polar surface area (TPSA) is 46.2 Å². The zero-order valence-electron chi connectivity index (χ0n) is 12.8. The zero-order valence-corrected chi connectivity index (χ0v) is 13.6. The molecule has 0 aromatic heterocycles. The number of rotatable bonds is 9. The third-order valence-corrected chi connectivity index (χ3v) is 5.15. The summed E-state index contributed by atoms with van der Waals surface area (Å²) in [5.74, 6) is 2.52. The van der Waals surface area contributed by atoms with E-state index < -0.39 is 9.84 Å². The third-order valence-electron chi connectivity index (χ3n) is 4.12. The Labute approximate surface area is 119 Å². The average molecular weight is 289 g/mol. The van der Waals surface area contributed by atoms with Gasteiger partial charge >= 0.3 is 0 Å². The van der Waals surface area contributed by atoms with E-state index in [2.05, 4.69) is 19.2 Å². The molecule has 114 valence electrons. The van der Waals surface area contributed by atoms with Crippen LogP contribution in [-0.4, -0.2) is 33.5 Å². The highest BCUT2D eigenvalue weighted by atomic mass is 32.2. The van der Waals surface area contributed by atoms with Gasteiger partial charge in [-0.05, 0) is 43.7 Å². The fourth-order valence-corrected chi connectivity index (χ4v) is 3.79. The Hall–Kier alpha value is -0.0900. The fourth-order valence-electron chi connectivity index (χ4n) is 3.10. The quantitative estimate of drug-likeness (QED) is 0.710. The SMILES string of the molecule is CC(C)CNCC(CCCS(C)(=O)=O)C1CCCC1.